The molecule has 1 spiro atoms. The number of hydrogen-bond donors (Lipinski definition) is 1. The Hall–Kier alpha value is -1.78. The van der Waals surface area contributed by atoms with Crippen molar-refractivity contribution in [3.63, 3.8) is 0 Å². The van der Waals surface area contributed by atoms with Gasteiger partial charge in [-0.2, -0.15) is 13.2 Å². The normalized spacial score (nSPS) is 27.7. The van der Waals surface area contributed by atoms with Crippen molar-refractivity contribution in [1.29, 1.82) is 0 Å². The number of halogens is 4. The molecule has 1 aliphatic heterocycles. The molecule has 1 saturated carbocycles. The minimum atomic E-state index is -4.71. The van der Waals surface area contributed by atoms with E-state index in [1.54, 1.807) is 0 Å². The van der Waals surface area contributed by atoms with Gasteiger partial charge in [-0.25, -0.2) is 4.39 Å². The summed E-state index contributed by atoms with van der Waals surface area (Å²) in [5.41, 5.74) is 1.25. The van der Waals surface area contributed by atoms with E-state index < -0.39 is 17.6 Å². The molecule has 1 fully saturated rings. The van der Waals surface area contributed by atoms with Gasteiger partial charge in [-0.15, -0.1) is 0 Å². The van der Waals surface area contributed by atoms with Crippen molar-refractivity contribution >= 4 is 5.70 Å². The lowest BCUT2D eigenvalue weighted by atomic mass is 9.73. The van der Waals surface area contributed by atoms with Gasteiger partial charge in [0.1, 0.15) is 5.82 Å². The van der Waals surface area contributed by atoms with Crippen LogP contribution in [-0.4, -0.2) is 0 Å². The van der Waals surface area contributed by atoms with Crippen molar-refractivity contribution in [3.8, 4) is 0 Å². The number of rotatable bonds is 2. The van der Waals surface area contributed by atoms with Gasteiger partial charge < -0.3 is 5.32 Å². The third kappa shape index (κ3) is 4.39. The van der Waals surface area contributed by atoms with Crippen LogP contribution in [0.15, 0.2) is 35.5 Å². The van der Waals surface area contributed by atoms with E-state index in [-0.39, 0.29) is 11.0 Å². The van der Waals surface area contributed by atoms with Crippen LogP contribution in [0.5, 0.6) is 0 Å². The minimum absolute atomic E-state index is 0.000205. The van der Waals surface area contributed by atoms with Crippen molar-refractivity contribution in [2.45, 2.75) is 78.3 Å². The molecule has 3 rings (SSSR count). The van der Waals surface area contributed by atoms with E-state index in [9.17, 15) is 17.6 Å². The topological polar surface area (TPSA) is 12.0 Å². The molecule has 0 amide bonds. The zero-order valence-corrected chi connectivity index (χ0v) is 17.6. The molecule has 1 aromatic carbocycles. The van der Waals surface area contributed by atoms with Crippen LogP contribution in [0.2, 0.25) is 0 Å². The average molecular weight is 410 g/mol. The van der Waals surface area contributed by atoms with Crippen LogP contribution in [0, 0.1) is 17.2 Å². The minimum Gasteiger partial charge on any atom is -0.358 e. The van der Waals surface area contributed by atoms with Crippen LogP contribution in [0.4, 0.5) is 17.6 Å². The van der Waals surface area contributed by atoms with E-state index in [1.165, 1.54) is 31.4 Å². The fourth-order valence-corrected chi connectivity index (χ4v) is 5.09. The maximum atomic E-state index is 14.9. The Labute approximate surface area is 171 Å². The summed E-state index contributed by atoms with van der Waals surface area (Å²) in [7, 11) is 0. The second-order valence-electron chi connectivity index (χ2n) is 8.63. The molecule has 0 bridgehead atoms. The van der Waals surface area contributed by atoms with E-state index >= 15 is 0 Å². The first kappa shape index (κ1) is 21.9. The molecule has 2 unspecified atom stereocenters. The van der Waals surface area contributed by atoms with Gasteiger partial charge in [0.25, 0.3) is 0 Å². The highest BCUT2D eigenvalue weighted by atomic mass is 19.4. The smallest absolute Gasteiger partial charge is 0.358 e. The first-order valence-corrected chi connectivity index (χ1v) is 10.7. The number of allylic oxidation sites excluding steroid dienone is 3. The molecule has 1 heterocycles. The van der Waals surface area contributed by atoms with Crippen molar-refractivity contribution in [2.75, 3.05) is 0 Å². The lowest BCUT2D eigenvalue weighted by Gasteiger charge is -2.35. The number of hydrogen-bond acceptors (Lipinski definition) is 1. The molecule has 1 aliphatic carbocycles. The molecule has 5 heteroatoms. The first-order valence-electron chi connectivity index (χ1n) is 10.7. The van der Waals surface area contributed by atoms with Crippen LogP contribution >= 0.6 is 0 Å². The molecule has 1 nitrogen and oxygen atoms in total. The highest BCUT2D eigenvalue weighted by Gasteiger charge is 2.39. The Balaban J connectivity index is 1.98. The van der Waals surface area contributed by atoms with E-state index in [2.05, 4.69) is 12.2 Å². The predicted octanol–water partition coefficient (Wildman–Crippen LogP) is 7.84. The predicted molar refractivity (Wildman–Crippen MR) is 109 cm³/mol. The van der Waals surface area contributed by atoms with E-state index in [1.807, 2.05) is 19.9 Å². The number of alkyl halides is 3. The van der Waals surface area contributed by atoms with Gasteiger partial charge in [-0.1, -0.05) is 38.3 Å². The zero-order valence-electron chi connectivity index (χ0n) is 17.6. The molecule has 0 radical (unpaired) electrons. The van der Waals surface area contributed by atoms with Gasteiger partial charge in [0, 0.05) is 22.4 Å². The Morgan fingerprint density at radius 1 is 1.17 bits per heavy atom. The third-order valence-corrected chi connectivity index (χ3v) is 6.97. The molecule has 0 saturated heterocycles. The summed E-state index contributed by atoms with van der Waals surface area (Å²) in [6.07, 6.45) is 5.93. The lowest BCUT2D eigenvalue weighted by Crippen LogP contribution is -2.30. The molecule has 29 heavy (non-hydrogen) atoms. The zero-order chi connectivity index (χ0) is 21.2. The summed E-state index contributed by atoms with van der Waals surface area (Å²) >= 11 is 0. The third-order valence-electron chi connectivity index (χ3n) is 6.97. The summed E-state index contributed by atoms with van der Waals surface area (Å²) in [5, 5.41) is 3.41. The van der Waals surface area contributed by atoms with Gasteiger partial charge in [-0.3, -0.25) is 0 Å². The fourth-order valence-electron chi connectivity index (χ4n) is 5.09. The average Bonchev–Trinajstić information content (AvgIpc) is 2.97. The van der Waals surface area contributed by atoms with Crippen molar-refractivity contribution < 1.29 is 17.6 Å². The van der Waals surface area contributed by atoms with Gasteiger partial charge in [-0.05, 0) is 69.6 Å². The molecule has 1 aromatic rings. The fraction of sp³-hybridized carbons (Fsp3) is 0.583. The van der Waals surface area contributed by atoms with E-state index in [0.717, 1.165) is 55.4 Å². The molecule has 0 aromatic heterocycles. The quantitative estimate of drug-likeness (QED) is 0.491. The number of nitrogens with one attached hydrogen (secondary N) is 1. The Bertz CT molecular complexity index is 806. The van der Waals surface area contributed by atoms with Crippen LogP contribution in [0.25, 0.3) is 5.70 Å². The highest BCUT2D eigenvalue weighted by molar-refractivity contribution is 5.70. The molecule has 2 atom stereocenters. The Morgan fingerprint density at radius 2 is 1.93 bits per heavy atom. The van der Waals surface area contributed by atoms with Crippen molar-refractivity contribution in [3.05, 3.63) is 52.5 Å². The summed E-state index contributed by atoms with van der Waals surface area (Å²) in [5.74, 6) is -0.453. The second kappa shape index (κ2) is 8.53. The van der Waals surface area contributed by atoms with Gasteiger partial charge in [0.05, 0.1) is 5.56 Å². The molecular weight excluding hydrogens is 378 g/mol. The lowest BCUT2D eigenvalue weighted by molar-refractivity contribution is -0.140. The second-order valence-corrected chi connectivity index (χ2v) is 8.63. The van der Waals surface area contributed by atoms with Crippen molar-refractivity contribution in [1.82, 2.24) is 5.32 Å². The van der Waals surface area contributed by atoms with Crippen LogP contribution < -0.4 is 5.32 Å². The van der Waals surface area contributed by atoms with Gasteiger partial charge in [0.2, 0.25) is 0 Å². The summed E-state index contributed by atoms with van der Waals surface area (Å²) in [6.45, 7) is 6.11. The molecule has 1 N–H and O–H groups in total. The highest BCUT2D eigenvalue weighted by Crippen LogP contribution is 2.49. The molecular formula is C24H31F4N. The van der Waals surface area contributed by atoms with Crippen molar-refractivity contribution in [2.24, 2.45) is 11.3 Å². The molecule has 2 aliphatic rings. The van der Waals surface area contributed by atoms with Crippen LogP contribution in [0.3, 0.4) is 0 Å². The summed E-state index contributed by atoms with van der Waals surface area (Å²) in [4.78, 5) is 0. The maximum Gasteiger partial charge on any atom is 0.419 e. The number of benzene rings is 1. The van der Waals surface area contributed by atoms with Crippen LogP contribution in [0.1, 0.15) is 83.3 Å². The monoisotopic (exact) mass is 409 g/mol. The summed E-state index contributed by atoms with van der Waals surface area (Å²) in [6, 6.07) is 3.54. The van der Waals surface area contributed by atoms with Gasteiger partial charge in [0.15, 0.2) is 0 Å². The standard InChI is InChI=1S/C24H31F4N/c1-4-17-8-7-13-23(15-12-17)14-11-16(3)22(29-20(23)5-2)18-9-6-10-19(21(18)25)24(26,27)28/h5-6,9-10,17,29H,4,7-8,11-15H2,1-3H3. The Kier molecular flexibility index (Phi) is 6.45. The van der Waals surface area contributed by atoms with E-state index in [4.69, 9.17) is 0 Å². The largest absolute Gasteiger partial charge is 0.419 e. The molecule has 160 valence electrons. The first-order chi connectivity index (χ1) is 13.7. The van der Waals surface area contributed by atoms with Gasteiger partial charge >= 0.3 is 6.18 Å². The van der Waals surface area contributed by atoms with E-state index in [0.29, 0.717) is 5.70 Å². The van der Waals surface area contributed by atoms with Crippen LogP contribution in [-0.2, 0) is 6.18 Å². The summed E-state index contributed by atoms with van der Waals surface area (Å²) < 4.78 is 54.6. The Morgan fingerprint density at radius 3 is 2.59 bits per heavy atom. The SMILES string of the molecule is CC=C1NC(c2cccc(C(F)(F)F)c2F)=C(C)CCC12CCCC(CC)CC2. The maximum absolute atomic E-state index is 14.9.